The highest BCUT2D eigenvalue weighted by Gasteiger charge is 2.16. The minimum Gasteiger partial charge on any atom is -0.487 e. The van der Waals surface area contributed by atoms with E-state index in [1.165, 1.54) is 5.56 Å². The minimum absolute atomic E-state index is 0.293. The van der Waals surface area contributed by atoms with Crippen LogP contribution >= 0.6 is 0 Å². The maximum atomic E-state index is 12.3. The zero-order valence-corrected chi connectivity index (χ0v) is 16.0. The molecule has 0 atom stereocenters. The Morgan fingerprint density at radius 3 is 2.50 bits per heavy atom. The van der Waals surface area contributed by atoms with Gasteiger partial charge in [0.1, 0.15) is 23.7 Å². The fourth-order valence-corrected chi connectivity index (χ4v) is 2.77. The number of aromatic nitrogens is 2. The van der Waals surface area contributed by atoms with Crippen LogP contribution < -0.4 is 10.1 Å². The molecular formula is C22H25N3O3. The van der Waals surface area contributed by atoms with Gasteiger partial charge in [-0.15, -0.1) is 0 Å². The monoisotopic (exact) mass is 379 g/mol. The van der Waals surface area contributed by atoms with Crippen LogP contribution in [0.3, 0.4) is 0 Å². The van der Waals surface area contributed by atoms with E-state index in [0.29, 0.717) is 37.7 Å². The van der Waals surface area contributed by atoms with Crippen LogP contribution in [0, 0.1) is 0 Å². The average molecular weight is 379 g/mol. The fourth-order valence-electron chi connectivity index (χ4n) is 2.77. The highest BCUT2D eigenvalue weighted by molar-refractivity contribution is 5.87. The summed E-state index contributed by atoms with van der Waals surface area (Å²) in [5, 5.41) is 7.90. The zero-order chi connectivity index (χ0) is 19.6. The molecule has 28 heavy (non-hydrogen) atoms. The van der Waals surface area contributed by atoms with Crippen molar-refractivity contribution >= 4 is 5.97 Å². The standard InChI is InChI=1S/C22H25N3O3/c1-2-27-22(26)21-15-19(17-28-20-11-7-4-8-12-20)24-25(21)14-13-23-16-18-9-5-3-6-10-18/h3-12,15,23H,2,13-14,16-17H2,1H3. The Kier molecular flexibility index (Phi) is 7.21. The SMILES string of the molecule is CCOC(=O)c1cc(COc2ccccc2)nn1CCNCc1ccccc1. The van der Waals surface area contributed by atoms with Gasteiger partial charge in [0.05, 0.1) is 13.2 Å². The summed E-state index contributed by atoms with van der Waals surface area (Å²) in [5.41, 5.74) is 2.34. The van der Waals surface area contributed by atoms with Crippen LogP contribution in [0.2, 0.25) is 0 Å². The van der Waals surface area contributed by atoms with Gasteiger partial charge in [-0.1, -0.05) is 48.5 Å². The van der Waals surface area contributed by atoms with Crippen molar-refractivity contribution in [2.45, 2.75) is 26.6 Å². The molecule has 0 aliphatic carbocycles. The van der Waals surface area contributed by atoms with Crippen LogP contribution in [0.25, 0.3) is 0 Å². The van der Waals surface area contributed by atoms with Gasteiger partial charge in [0.2, 0.25) is 0 Å². The number of hydrogen-bond acceptors (Lipinski definition) is 5. The summed E-state index contributed by atoms with van der Waals surface area (Å²) in [7, 11) is 0. The topological polar surface area (TPSA) is 65.4 Å². The molecule has 0 spiro atoms. The summed E-state index contributed by atoms with van der Waals surface area (Å²) < 4.78 is 12.6. The van der Waals surface area contributed by atoms with Gasteiger partial charge in [0, 0.05) is 13.1 Å². The number of ether oxygens (including phenoxy) is 2. The van der Waals surface area contributed by atoms with Gasteiger partial charge in [-0.3, -0.25) is 4.68 Å². The Morgan fingerprint density at radius 1 is 1.07 bits per heavy atom. The number of rotatable bonds is 10. The lowest BCUT2D eigenvalue weighted by Gasteiger charge is -2.08. The second kappa shape index (κ2) is 10.3. The molecule has 0 aliphatic rings. The molecular weight excluding hydrogens is 354 g/mol. The molecule has 3 aromatic rings. The van der Waals surface area contributed by atoms with Crippen molar-refractivity contribution in [2.24, 2.45) is 0 Å². The molecule has 1 heterocycles. The Labute approximate surface area is 165 Å². The van der Waals surface area contributed by atoms with E-state index < -0.39 is 0 Å². The highest BCUT2D eigenvalue weighted by Crippen LogP contribution is 2.13. The summed E-state index contributed by atoms with van der Waals surface area (Å²) in [6.07, 6.45) is 0. The number of carbonyl (C=O) groups excluding carboxylic acids is 1. The molecule has 0 radical (unpaired) electrons. The molecule has 0 saturated carbocycles. The highest BCUT2D eigenvalue weighted by atomic mass is 16.5. The minimum atomic E-state index is -0.371. The van der Waals surface area contributed by atoms with Crippen LogP contribution in [-0.2, 0) is 24.4 Å². The number of hydrogen-bond donors (Lipinski definition) is 1. The number of nitrogens with zero attached hydrogens (tertiary/aromatic N) is 2. The third kappa shape index (κ3) is 5.69. The van der Waals surface area contributed by atoms with Crippen molar-refractivity contribution in [3.8, 4) is 5.75 Å². The first-order valence-electron chi connectivity index (χ1n) is 9.42. The van der Waals surface area contributed by atoms with E-state index in [-0.39, 0.29) is 5.97 Å². The van der Waals surface area contributed by atoms with Crippen molar-refractivity contribution < 1.29 is 14.3 Å². The largest absolute Gasteiger partial charge is 0.487 e. The molecule has 0 amide bonds. The number of esters is 1. The molecule has 1 aromatic heterocycles. The van der Waals surface area contributed by atoms with Gasteiger partial charge in [0.15, 0.2) is 0 Å². The number of carbonyl (C=O) groups is 1. The molecule has 0 saturated heterocycles. The van der Waals surface area contributed by atoms with E-state index in [2.05, 4.69) is 22.5 Å². The average Bonchev–Trinajstić information content (AvgIpc) is 3.15. The number of benzene rings is 2. The summed E-state index contributed by atoms with van der Waals surface area (Å²) >= 11 is 0. The fraction of sp³-hybridized carbons (Fsp3) is 0.273. The predicted molar refractivity (Wildman–Crippen MR) is 107 cm³/mol. The van der Waals surface area contributed by atoms with E-state index in [1.54, 1.807) is 17.7 Å². The Bertz CT molecular complexity index is 863. The Hall–Kier alpha value is -3.12. The second-order valence-electron chi connectivity index (χ2n) is 6.23. The number of para-hydroxylation sites is 1. The van der Waals surface area contributed by atoms with Crippen molar-refractivity contribution in [2.75, 3.05) is 13.2 Å². The van der Waals surface area contributed by atoms with Gasteiger partial charge >= 0.3 is 5.97 Å². The van der Waals surface area contributed by atoms with Crippen LogP contribution in [-0.4, -0.2) is 28.9 Å². The van der Waals surface area contributed by atoms with E-state index in [9.17, 15) is 4.79 Å². The van der Waals surface area contributed by atoms with Gasteiger partial charge in [-0.2, -0.15) is 5.10 Å². The Balaban J connectivity index is 1.60. The lowest BCUT2D eigenvalue weighted by Crippen LogP contribution is -2.22. The normalized spacial score (nSPS) is 10.6. The van der Waals surface area contributed by atoms with Crippen molar-refractivity contribution in [3.63, 3.8) is 0 Å². The second-order valence-corrected chi connectivity index (χ2v) is 6.23. The molecule has 0 fully saturated rings. The van der Waals surface area contributed by atoms with E-state index in [4.69, 9.17) is 9.47 Å². The van der Waals surface area contributed by atoms with Gasteiger partial charge in [-0.25, -0.2) is 4.79 Å². The third-order valence-electron chi connectivity index (χ3n) is 4.12. The van der Waals surface area contributed by atoms with Crippen molar-refractivity contribution in [3.05, 3.63) is 83.7 Å². The molecule has 1 N–H and O–H groups in total. The molecule has 0 unspecified atom stereocenters. The molecule has 146 valence electrons. The van der Waals surface area contributed by atoms with Crippen LogP contribution in [0.4, 0.5) is 0 Å². The van der Waals surface area contributed by atoms with E-state index in [0.717, 1.165) is 12.3 Å². The number of nitrogens with one attached hydrogen (secondary N) is 1. The third-order valence-corrected chi connectivity index (χ3v) is 4.12. The van der Waals surface area contributed by atoms with Gasteiger partial charge in [0.25, 0.3) is 0 Å². The summed E-state index contributed by atoms with van der Waals surface area (Å²) in [5.74, 6) is 0.392. The Morgan fingerprint density at radius 2 is 1.79 bits per heavy atom. The predicted octanol–water partition coefficient (Wildman–Crippen LogP) is 3.43. The first-order valence-corrected chi connectivity index (χ1v) is 9.42. The van der Waals surface area contributed by atoms with Crippen molar-refractivity contribution in [1.82, 2.24) is 15.1 Å². The lowest BCUT2D eigenvalue weighted by atomic mass is 10.2. The first-order chi connectivity index (χ1) is 13.8. The van der Waals surface area contributed by atoms with Gasteiger partial charge in [-0.05, 0) is 30.7 Å². The molecule has 6 nitrogen and oxygen atoms in total. The van der Waals surface area contributed by atoms with E-state index in [1.807, 2.05) is 48.5 Å². The van der Waals surface area contributed by atoms with E-state index >= 15 is 0 Å². The summed E-state index contributed by atoms with van der Waals surface area (Å²) in [4.78, 5) is 12.3. The lowest BCUT2D eigenvalue weighted by molar-refractivity contribution is 0.0512. The maximum Gasteiger partial charge on any atom is 0.356 e. The van der Waals surface area contributed by atoms with Crippen LogP contribution in [0.15, 0.2) is 66.7 Å². The van der Waals surface area contributed by atoms with Crippen LogP contribution in [0.5, 0.6) is 5.75 Å². The van der Waals surface area contributed by atoms with Crippen LogP contribution in [0.1, 0.15) is 28.7 Å². The summed E-state index contributed by atoms with van der Waals surface area (Å²) in [6, 6.07) is 21.4. The quantitative estimate of drug-likeness (QED) is 0.432. The first kappa shape index (κ1) is 19.6. The molecule has 6 heteroatoms. The maximum absolute atomic E-state index is 12.3. The van der Waals surface area contributed by atoms with Crippen molar-refractivity contribution in [1.29, 1.82) is 0 Å². The molecule has 0 bridgehead atoms. The molecule has 3 rings (SSSR count). The van der Waals surface area contributed by atoms with Gasteiger partial charge < -0.3 is 14.8 Å². The molecule has 0 aliphatic heterocycles. The summed E-state index contributed by atoms with van der Waals surface area (Å²) in [6.45, 7) is 4.42. The smallest absolute Gasteiger partial charge is 0.356 e. The molecule has 2 aromatic carbocycles. The zero-order valence-electron chi connectivity index (χ0n) is 16.0.